The van der Waals surface area contributed by atoms with Gasteiger partial charge in [0.1, 0.15) is 11.5 Å². The van der Waals surface area contributed by atoms with Gasteiger partial charge in [0, 0.05) is 31.8 Å². The number of halogens is 1. The Morgan fingerprint density at radius 2 is 1.79 bits per heavy atom. The Balaban J connectivity index is 1.75. The topological polar surface area (TPSA) is 79.0 Å². The number of hydrogen-bond donors (Lipinski definition) is 0. The molecule has 4 aromatic rings. The molecule has 7 nitrogen and oxygen atoms in total. The molecular formula is C25H21FN4O3. The highest BCUT2D eigenvalue weighted by Gasteiger charge is 2.36. The van der Waals surface area contributed by atoms with Crippen molar-refractivity contribution >= 4 is 5.97 Å². The molecule has 0 fully saturated rings. The van der Waals surface area contributed by atoms with Gasteiger partial charge >= 0.3 is 5.97 Å². The maximum Gasteiger partial charge on any atom is 0.308 e. The maximum absolute atomic E-state index is 13.7. The van der Waals surface area contributed by atoms with E-state index >= 15 is 0 Å². The van der Waals surface area contributed by atoms with E-state index in [-0.39, 0.29) is 23.5 Å². The fourth-order valence-corrected chi connectivity index (χ4v) is 4.43. The molecule has 0 N–H and O–H groups in total. The van der Waals surface area contributed by atoms with Crippen molar-refractivity contribution in [3.63, 3.8) is 0 Å². The van der Waals surface area contributed by atoms with Crippen molar-refractivity contribution in [1.29, 1.82) is 0 Å². The van der Waals surface area contributed by atoms with Crippen LogP contribution in [0.4, 0.5) is 4.39 Å². The monoisotopic (exact) mass is 444 g/mol. The number of ether oxygens (including phenoxy) is 1. The Morgan fingerprint density at radius 3 is 2.45 bits per heavy atom. The first-order chi connectivity index (χ1) is 15.9. The van der Waals surface area contributed by atoms with Crippen LogP contribution in [0, 0.1) is 12.7 Å². The predicted molar refractivity (Wildman–Crippen MR) is 119 cm³/mol. The molecule has 0 bridgehead atoms. The summed E-state index contributed by atoms with van der Waals surface area (Å²) in [4.78, 5) is 28.8. The van der Waals surface area contributed by atoms with Gasteiger partial charge in [-0.3, -0.25) is 14.3 Å². The Kier molecular flexibility index (Phi) is 5.12. The van der Waals surface area contributed by atoms with E-state index < -0.39 is 11.4 Å². The Labute approximate surface area is 189 Å². The van der Waals surface area contributed by atoms with Crippen molar-refractivity contribution in [3.05, 3.63) is 99.9 Å². The molecule has 8 heteroatoms. The molecule has 0 radical (unpaired) electrons. The van der Waals surface area contributed by atoms with Gasteiger partial charge in [0.2, 0.25) is 11.2 Å². The number of carbonyl (C=O) groups is 1. The summed E-state index contributed by atoms with van der Waals surface area (Å²) in [6, 6.07) is 14.2. The number of aromatic nitrogens is 4. The van der Waals surface area contributed by atoms with Crippen LogP contribution in [-0.4, -0.2) is 25.3 Å². The van der Waals surface area contributed by atoms with Crippen molar-refractivity contribution in [2.45, 2.75) is 32.4 Å². The van der Waals surface area contributed by atoms with Crippen molar-refractivity contribution in [3.8, 4) is 17.3 Å². The van der Waals surface area contributed by atoms with Crippen LogP contribution < -0.4 is 10.2 Å². The highest BCUT2D eigenvalue weighted by atomic mass is 19.1. The second-order valence-electron chi connectivity index (χ2n) is 8.14. The smallest absolute Gasteiger partial charge is 0.308 e. The van der Waals surface area contributed by atoms with Gasteiger partial charge in [-0.05, 0) is 30.2 Å². The van der Waals surface area contributed by atoms with Crippen LogP contribution in [0.3, 0.4) is 0 Å². The maximum atomic E-state index is 13.7. The van der Waals surface area contributed by atoms with Gasteiger partial charge in [0.25, 0.3) is 0 Å². The molecule has 2 aromatic carbocycles. The highest BCUT2D eigenvalue weighted by molar-refractivity contribution is 5.73. The fraction of sp³-hybridized carbons (Fsp3) is 0.200. The number of rotatable bonds is 4. The average molecular weight is 444 g/mol. The summed E-state index contributed by atoms with van der Waals surface area (Å²) in [5.74, 6) is -0.747. The van der Waals surface area contributed by atoms with E-state index in [2.05, 4.69) is 10.1 Å². The molecule has 1 aliphatic heterocycles. The number of aryl methyl sites for hydroxylation is 1. The molecule has 2 atom stereocenters. The minimum Gasteiger partial charge on any atom is -0.420 e. The van der Waals surface area contributed by atoms with Crippen molar-refractivity contribution < 1.29 is 13.9 Å². The molecule has 1 unspecified atom stereocenters. The van der Waals surface area contributed by atoms with Crippen LogP contribution >= 0.6 is 0 Å². The fourth-order valence-electron chi connectivity index (χ4n) is 4.43. The molecule has 0 saturated carbocycles. The number of nitrogens with zero attached hydrogens (tertiary/aromatic N) is 4. The normalized spacial score (nSPS) is 15.4. The van der Waals surface area contributed by atoms with Gasteiger partial charge in [-0.25, -0.2) is 9.37 Å². The third-order valence-corrected chi connectivity index (χ3v) is 5.89. The van der Waals surface area contributed by atoms with E-state index in [0.29, 0.717) is 18.1 Å². The van der Waals surface area contributed by atoms with Gasteiger partial charge in [0.05, 0.1) is 12.2 Å². The summed E-state index contributed by atoms with van der Waals surface area (Å²) in [5, 5.41) is 4.44. The standard InChI is InChI=1S/C25H21FN4O3/c1-15-3-5-17(6-4-15)22(18-7-9-19(26)10-8-18)20-14-29-12-11-27-25(29)23-24(33-16(2)31)21(32)13-28-30(20)23/h3-13,20,22H,14H2,1-2H3/t20-,22?/m1/s1. The zero-order valence-electron chi connectivity index (χ0n) is 18.1. The summed E-state index contributed by atoms with van der Waals surface area (Å²) in [6.07, 6.45) is 4.61. The van der Waals surface area contributed by atoms with Crippen molar-refractivity contribution in [2.75, 3.05) is 0 Å². The van der Waals surface area contributed by atoms with E-state index in [1.165, 1.54) is 19.1 Å². The number of fused-ring (bicyclic) bond motifs is 3. The second kappa shape index (κ2) is 8.12. The molecule has 0 spiro atoms. The minimum atomic E-state index is -0.602. The van der Waals surface area contributed by atoms with Crippen molar-refractivity contribution in [2.24, 2.45) is 0 Å². The third kappa shape index (κ3) is 3.73. The summed E-state index contributed by atoms with van der Waals surface area (Å²) >= 11 is 0. The molecule has 3 heterocycles. The number of imidazole rings is 1. The van der Waals surface area contributed by atoms with E-state index in [1.54, 1.807) is 23.0 Å². The summed E-state index contributed by atoms with van der Waals surface area (Å²) in [6.45, 7) is 3.77. The summed E-state index contributed by atoms with van der Waals surface area (Å²) in [7, 11) is 0. The number of benzene rings is 2. The minimum absolute atomic E-state index is 0.101. The van der Waals surface area contributed by atoms with Crippen LogP contribution in [0.1, 0.15) is 35.6 Å². The lowest BCUT2D eigenvalue weighted by molar-refractivity contribution is -0.131. The summed E-state index contributed by atoms with van der Waals surface area (Å²) in [5.41, 5.74) is 2.88. The van der Waals surface area contributed by atoms with Crippen LogP contribution in [0.2, 0.25) is 0 Å². The number of carbonyl (C=O) groups excluding carboxylic acids is 1. The zero-order valence-corrected chi connectivity index (χ0v) is 18.1. The quantitative estimate of drug-likeness (QED) is 0.447. The lowest BCUT2D eigenvalue weighted by Gasteiger charge is -2.35. The molecular weight excluding hydrogens is 423 g/mol. The number of hydrogen-bond acceptors (Lipinski definition) is 5. The second-order valence-corrected chi connectivity index (χ2v) is 8.14. The van der Waals surface area contributed by atoms with E-state index in [0.717, 1.165) is 22.9 Å². The Hall–Kier alpha value is -4.07. The lowest BCUT2D eigenvalue weighted by atomic mass is 9.83. The average Bonchev–Trinajstić information content (AvgIpc) is 3.26. The van der Waals surface area contributed by atoms with E-state index in [9.17, 15) is 14.0 Å². The Morgan fingerprint density at radius 1 is 1.12 bits per heavy atom. The van der Waals surface area contributed by atoms with Crippen LogP contribution in [0.25, 0.3) is 11.5 Å². The predicted octanol–water partition coefficient (Wildman–Crippen LogP) is 3.87. The molecule has 1 aliphatic rings. The molecule has 0 amide bonds. The van der Waals surface area contributed by atoms with Gasteiger partial charge in [-0.15, -0.1) is 0 Å². The van der Waals surface area contributed by atoms with E-state index in [4.69, 9.17) is 4.74 Å². The first kappa shape index (κ1) is 20.8. The summed E-state index contributed by atoms with van der Waals surface area (Å²) < 4.78 is 22.7. The van der Waals surface area contributed by atoms with Gasteiger partial charge in [-0.1, -0.05) is 42.0 Å². The molecule has 33 heavy (non-hydrogen) atoms. The molecule has 2 aromatic heterocycles. The molecule has 0 aliphatic carbocycles. The molecule has 0 saturated heterocycles. The van der Waals surface area contributed by atoms with Gasteiger partial charge in [0.15, 0.2) is 5.82 Å². The number of esters is 1. The molecule has 5 rings (SSSR count). The third-order valence-electron chi connectivity index (χ3n) is 5.89. The first-order valence-electron chi connectivity index (χ1n) is 10.6. The highest BCUT2D eigenvalue weighted by Crippen LogP contribution is 2.42. The zero-order chi connectivity index (χ0) is 23.1. The largest absolute Gasteiger partial charge is 0.420 e. The SMILES string of the molecule is CC(=O)Oc1c2n(ncc1=O)[C@@H](C(c1ccc(C)cc1)c1ccc(F)cc1)Cn1ccnc1-2. The van der Waals surface area contributed by atoms with Crippen LogP contribution in [0.15, 0.2) is 71.9 Å². The lowest BCUT2D eigenvalue weighted by Crippen LogP contribution is -2.33. The first-order valence-corrected chi connectivity index (χ1v) is 10.6. The van der Waals surface area contributed by atoms with Gasteiger partial charge in [-0.2, -0.15) is 5.10 Å². The van der Waals surface area contributed by atoms with Crippen LogP contribution in [-0.2, 0) is 11.3 Å². The Bertz CT molecular complexity index is 1350. The van der Waals surface area contributed by atoms with E-state index in [1.807, 2.05) is 42.0 Å². The van der Waals surface area contributed by atoms with Gasteiger partial charge < -0.3 is 9.30 Å². The van der Waals surface area contributed by atoms with Crippen LogP contribution in [0.5, 0.6) is 5.75 Å². The van der Waals surface area contributed by atoms with Crippen molar-refractivity contribution in [1.82, 2.24) is 19.3 Å². The molecule has 166 valence electrons.